The smallest absolute Gasteiger partial charge is 0.290 e. The molecule has 2 unspecified atom stereocenters. The van der Waals surface area contributed by atoms with Crippen molar-refractivity contribution in [3.8, 4) is 0 Å². The molecule has 1 aromatic heterocycles. The van der Waals surface area contributed by atoms with Crippen molar-refractivity contribution in [3.05, 3.63) is 23.7 Å². The van der Waals surface area contributed by atoms with Crippen LogP contribution in [0.4, 0.5) is 8.78 Å². The van der Waals surface area contributed by atoms with Gasteiger partial charge in [0.2, 0.25) is 0 Å². The first-order chi connectivity index (χ1) is 10.0. The first-order valence-electron chi connectivity index (χ1n) is 7.04. The van der Waals surface area contributed by atoms with E-state index in [-0.39, 0.29) is 35.6 Å². The average molecular weight is 317 g/mol. The minimum absolute atomic E-state index is 0.0521. The number of halogens is 2. The minimum atomic E-state index is -2.45. The molecule has 3 rings (SSSR count). The van der Waals surface area contributed by atoms with Gasteiger partial charge in [-0.15, -0.1) is 0 Å². The van der Waals surface area contributed by atoms with E-state index < -0.39 is 5.76 Å². The summed E-state index contributed by atoms with van der Waals surface area (Å²) in [4.78, 5) is 14.3. The molecule has 1 N–H and O–H groups in total. The second-order valence-electron chi connectivity index (χ2n) is 5.56. The third-order valence-corrected chi connectivity index (χ3v) is 4.87. The Balaban J connectivity index is 1.68. The molecule has 0 aromatic carbocycles. The molecule has 2 aliphatic rings. The number of nitrogens with zero attached hydrogens (tertiary/aromatic N) is 1. The molecule has 2 bridgehead atoms. The lowest BCUT2D eigenvalue weighted by atomic mass is 9.99. The number of aliphatic hydroxyl groups excluding tert-OH is 1. The van der Waals surface area contributed by atoms with Gasteiger partial charge in [-0.25, -0.2) is 0 Å². The van der Waals surface area contributed by atoms with Crippen LogP contribution in [-0.4, -0.2) is 39.9 Å². The summed E-state index contributed by atoms with van der Waals surface area (Å²) in [6, 6.07) is 3.25. The molecular formula is C14H17F2NO3S. The van der Waals surface area contributed by atoms with Crippen molar-refractivity contribution in [3.63, 3.8) is 0 Å². The maximum Gasteiger partial charge on any atom is 0.290 e. The van der Waals surface area contributed by atoms with E-state index in [1.54, 1.807) is 17.0 Å². The highest BCUT2D eigenvalue weighted by molar-refractivity contribution is 7.98. The zero-order chi connectivity index (χ0) is 15.0. The maximum atomic E-state index is 12.5. The van der Waals surface area contributed by atoms with Crippen molar-refractivity contribution >= 4 is 17.7 Å². The fourth-order valence-electron chi connectivity index (χ4n) is 3.32. The summed E-state index contributed by atoms with van der Waals surface area (Å²) in [5.74, 6) is -2.01. The van der Waals surface area contributed by atoms with Crippen LogP contribution < -0.4 is 0 Å². The lowest BCUT2D eigenvalue weighted by Crippen LogP contribution is -2.47. The predicted octanol–water partition coefficient (Wildman–Crippen LogP) is 2.86. The van der Waals surface area contributed by atoms with Crippen LogP contribution in [0.5, 0.6) is 0 Å². The van der Waals surface area contributed by atoms with Crippen LogP contribution in [0.2, 0.25) is 0 Å². The van der Waals surface area contributed by atoms with E-state index in [1.807, 2.05) is 0 Å². The van der Waals surface area contributed by atoms with E-state index in [0.29, 0.717) is 30.4 Å². The second kappa shape index (κ2) is 5.96. The Hall–Kier alpha value is -1.08. The summed E-state index contributed by atoms with van der Waals surface area (Å²) < 4.78 is 29.7. The van der Waals surface area contributed by atoms with Gasteiger partial charge in [0.25, 0.3) is 11.7 Å². The fraction of sp³-hybridized carbons (Fsp3) is 0.643. The van der Waals surface area contributed by atoms with Crippen LogP contribution in [0.25, 0.3) is 0 Å². The zero-order valence-corrected chi connectivity index (χ0v) is 12.2. The molecule has 0 aliphatic carbocycles. The van der Waals surface area contributed by atoms with Crippen molar-refractivity contribution in [2.24, 2.45) is 0 Å². The number of hydrogen-bond donors (Lipinski definition) is 1. The van der Waals surface area contributed by atoms with E-state index >= 15 is 0 Å². The Morgan fingerprint density at radius 2 is 2.05 bits per heavy atom. The average Bonchev–Trinajstić information content (AvgIpc) is 3.00. The Morgan fingerprint density at radius 3 is 2.67 bits per heavy atom. The molecule has 2 aliphatic heterocycles. The quantitative estimate of drug-likeness (QED) is 0.928. The van der Waals surface area contributed by atoms with Crippen LogP contribution in [0.1, 0.15) is 42.0 Å². The third-order valence-electron chi connectivity index (χ3n) is 4.17. The van der Waals surface area contributed by atoms with Crippen LogP contribution in [-0.2, 0) is 5.75 Å². The predicted molar refractivity (Wildman–Crippen MR) is 74.2 cm³/mol. The molecule has 0 saturated carbocycles. The Morgan fingerprint density at radius 1 is 1.38 bits per heavy atom. The number of hydrogen-bond acceptors (Lipinski definition) is 4. The van der Waals surface area contributed by atoms with E-state index in [0.717, 1.165) is 12.8 Å². The maximum absolute atomic E-state index is 12.5. The van der Waals surface area contributed by atoms with Crippen LogP contribution >= 0.6 is 11.8 Å². The molecule has 116 valence electrons. The van der Waals surface area contributed by atoms with Gasteiger partial charge in [0.05, 0.1) is 11.9 Å². The van der Waals surface area contributed by atoms with Crippen molar-refractivity contribution in [2.75, 3.05) is 0 Å². The molecule has 4 nitrogen and oxygen atoms in total. The van der Waals surface area contributed by atoms with Gasteiger partial charge in [0.15, 0.2) is 5.76 Å². The first kappa shape index (κ1) is 14.8. The van der Waals surface area contributed by atoms with Gasteiger partial charge >= 0.3 is 0 Å². The molecule has 2 saturated heterocycles. The number of carbonyl (C=O) groups is 1. The first-order valence-corrected chi connectivity index (χ1v) is 8.08. The lowest BCUT2D eigenvalue weighted by molar-refractivity contribution is 0.0263. The molecule has 1 aromatic rings. The number of carbonyl (C=O) groups excluding carboxylic acids is 1. The van der Waals surface area contributed by atoms with Crippen LogP contribution in [0, 0.1) is 0 Å². The highest BCUT2D eigenvalue weighted by Gasteiger charge is 2.43. The van der Waals surface area contributed by atoms with E-state index in [4.69, 9.17) is 4.42 Å². The van der Waals surface area contributed by atoms with Crippen LogP contribution in [0.3, 0.4) is 0 Å². The molecule has 2 fully saturated rings. The van der Waals surface area contributed by atoms with Gasteiger partial charge in [-0.05, 0) is 37.8 Å². The number of piperidine rings is 1. The van der Waals surface area contributed by atoms with Gasteiger partial charge in [-0.2, -0.15) is 8.78 Å². The minimum Gasteiger partial charge on any atom is -0.455 e. The summed E-state index contributed by atoms with van der Waals surface area (Å²) in [6.45, 7) is 0. The number of amides is 1. The number of thioether (sulfide) groups is 1. The lowest BCUT2D eigenvalue weighted by Gasteiger charge is -2.36. The Bertz CT molecular complexity index is 508. The molecule has 21 heavy (non-hydrogen) atoms. The molecule has 1 amide bonds. The monoisotopic (exact) mass is 317 g/mol. The highest BCUT2D eigenvalue weighted by Crippen LogP contribution is 2.37. The molecule has 2 atom stereocenters. The number of rotatable bonds is 4. The molecule has 0 radical (unpaired) electrons. The summed E-state index contributed by atoms with van der Waals surface area (Å²) in [5.41, 5.74) is 0. The Labute approximate surface area is 125 Å². The standard InChI is InChI=1S/C14H17F2NO3S/c15-14(16)21-7-11-3-4-12(20-11)13(19)17-8-1-2-9(17)6-10(18)5-8/h3-4,8-10,14,18H,1-2,5-7H2. The van der Waals surface area contributed by atoms with Crippen molar-refractivity contribution in [2.45, 2.75) is 55.4 Å². The summed E-state index contributed by atoms with van der Waals surface area (Å²) >= 11 is 0.474. The number of fused-ring (bicyclic) bond motifs is 2. The number of aliphatic hydroxyl groups is 1. The fourth-order valence-corrected chi connectivity index (χ4v) is 3.77. The van der Waals surface area contributed by atoms with E-state index in [1.165, 1.54) is 0 Å². The number of alkyl halides is 2. The van der Waals surface area contributed by atoms with Gasteiger partial charge in [0, 0.05) is 12.1 Å². The number of furan rings is 1. The zero-order valence-electron chi connectivity index (χ0n) is 11.4. The van der Waals surface area contributed by atoms with Gasteiger partial charge < -0.3 is 14.4 Å². The highest BCUT2D eigenvalue weighted by atomic mass is 32.2. The van der Waals surface area contributed by atoms with E-state index in [2.05, 4.69) is 0 Å². The van der Waals surface area contributed by atoms with Crippen molar-refractivity contribution in [1.29, 1.82) is 0 Å². The normalized spacial score (nSPS) is 28.4. The van der Waals surface area contributed by atoms with E-state index in [9.17, 15) is 18.7 Å². The third kappa shape index (κ3) is 3.08. The summed E-state index contributed by atoms with van der Waals surface area (Å²) in [5, 5.41) is 9.75. The van der Waals surface area contributed by atoms with Gasteiger partial charge in [-0.1, -0.05) is 11.8 Å². The summed E-state index contributed by atoms with van der Waals surface area (Å²) in [6.07, 6.45) is 2.69. The van der Waals surface area contributed by atoms with Gasteiger partial charge in [0.1, 0.15) is 5.76 Å². The molecule has 7 heteroatoms. The molecule has 3 heterocycles. The molecular weight excluding hydrogens is 300 g/mol. The summed E-state index contributed by atoms with van der Waals surface area (Å²) in [7, 11) is 0. The second-order valence-corrected chi connectivity index (χ2v) is 6.54. The van der Waals surface area contributed by atoms with Crippen LogP contribution in [0.15, 0.2) is 16.5 Å². The molecule has 0 spiro atoms. The Kier molecular flexibility index (Phi) is 4.21. The van der Waals surface area contributed by atoms with Gasteiger partial charge in [-0.3, -0.25) is 4.79 Å². The van der Waals surface area contributed by atoms with Crippen molar-refractivity contribution in [1.82, 2.24) is 4.90 Å². The topological polar surface area (TPSA) is 53.7 Å². The largest absolute Gasteiger partial charge is 0.455 e. The van der Waals surface area contributed by atoms with Crippen molar-refractivity contribution < 1.29 is 23.1 Å². The SMILES string of the molecule is O=C(c1ccc(CSC(F)F)o1)N1C2CCC1CC(O)C2.